The van der Waals surface area contributed by atoms with Crippen molar-refractivity contribution in [3.05, 3.63) is 42.5 Å². The monoisotopic (exact) mass is 221 g/mol. The molecule has 0 aromatic heterocycles. The molecule has 0 saturated heterocycles. The Morgan fingerprint density at radius 3 is 3.00 bits per heavy atom. The first-order valence-corrected chi connectivity index (χ1v) is 5.29. The van der Waals surface area contributed by atoms with E-state index in [-0.39, 0.29) is 11.9 Å². The summed E-state index contributed by atoms with van der Waals surface area (Å²) in [6, 6.07) is 7.29. The van der Waals surface area contributed by atoms with Crippen molar-refractivity contribution >= 4 is 18.5 Å². The Balaban J connectivity index is 2.65. The SMILES string of the molecule is C=CCC(C)NC(=O)c1cccc(S)c1. The first kappa shape index (κ1) is 11.9. The van der Waals surface area contributed by atoms with Crippen molar-refractivity contribution in [1.29, 1.82) is 0 Å². The van der Waals surface area contributed by atoms with Gasteiger partial charge in [-0.3, -0.25) is 4.79 Å². The minimum Gasteiger partial charge on any atom is -0.349 e. The second kappa shape index (κ2) is 5.61. The highest BCUT2D eigenvalue weighted by Gasteiger charge is 2.08. The number of carbonyl (C=O) groups is 1. The summed E-state index contributed by atoms with van der Waals surface area (Å²) in [4.78, 5) is 12.5. The highest BCUT2D eigenvalue weighted by molar-refractivity contribution is 7.80. The number of hydrogen-bond donors (Lipinski definition) is 2. The molecule has 15 heavy (non-hydrogen) atoms. The lowest BCUT2D eigenvalue weighted by Crippen LogP contribution is -2.32. The molecule has 1 atom stereocenters. The van der Waals surface area contributed by atoms with Gasteiger partial charge >= 0.3 is 0 Å². The maximum absolute atomic E-state index is 11.7. The normalized spacial score (nSPS) is 11.9. The molecule has 1 unspecified atom stereocenters. The van der Waals surface area contributed by atoms with Gasteiger partial charge in [0, 0.05) is 16.5 Å². The van der Waals surface area contributed by atoms with Crippen LogP contribution < -0.4 is 5.32 Å². The molecule has 0 bridgehead atoms. The van der Waals surface area contributed by atoms with Crippen LogP contribution in [0.15, 0.2) is 41.8 Å². The number of amides is 1. The van der Waals surface area contributed by atoms with Gasteiger partial charge in [0.2, 0.25) is 0 Å². The molecule has 1 N–H and O–H groups in total. The van der Waals surface area contributed by atoms with Crippen LogP contribution in [0.4, 0.5) is 0 Å². The van der Waals surface area contributed by atoms with Gasteiger partial charge in [0.1, 0.15) is 0 Å². The molecule has 80 valence electrons. The molecule has 1 amide bonds. The Bertz CT molecular complexity index is 362. The largest absolute Gasteiger partial charge is 0.349 e. The van der Waals surface area contributed by atoms with Gasteiger partial charge in [-0.25, -0.2) is 0 Å². The molecular weight excluding hydrogens is 206 g/mol. The number of thiol groups is 1. The predicted molar refractivity (Wildman–Crippen MR) is 65.4 cm³/mol. The smallest absolute Gasteiger partial charge is 0.251 e. The van der Waals surface area contributed by atoms with Gasteiger partial charge in [0.15, 0.2) is 0 Å². The van der Waals surface area contributed by atoms with E-state index in [1.165, 1.54) is 0 Å². The summed E-state index contributed by atoms with van der Waals surface area (Å²) in [6.07, 6.45) is 2.56. The summed E-state index contributed by atoms with van der Waals surface area (Å²) in [5.41, 5.74) is 0.637. The average molecular weight is 221 g/mol. The van der Waals surface area contributed by atoms with Crippen LogP contribution in [0.2, 0.25) is 0 Å². The molecule has 1 aromatic rings. The summed E-state index contributed by atoms with van der Waals surface area (Å²) < 4.78 is 0. The van der Waals surface area contributed by atoms with E-state index in [9.17, 15) is 4.79 Å². The first-order valence-electron chi connectivity index (χ1n) is 4.84. The maximum Gasteiger partial charge on any atom is 0.251 e. The van der Waals surface area contributed by atoms with Crippen LogP contribution in [-0.4, -0.2) is 11.9 Å². The van der Waals surface area contributed by atoms with Gasteiger partial charge in [-0.2, -0.15) is 0 Å². The molecule has 0 aliphatic carbocycles. The summed E-state index contributed by atoms with van der Waals surface area (Å²) >= 11 is 4.18. The fraction of sp³-hybridized carbons (Fsp3) is 0.250. The lowest BCUT2D eigenvalue weighted by atomic mass is 10.2. The zero-order chi connectivity index (χ0) is 11.3. The van der Waals surface area contributed by atoms with Gasteiger partial charge in [0.25, 0.3) is 5.91 Å². The molecule has 0 saturated carbocycles. The van der Waals surface area contributed by atoms with Crippen LogP contribution in [0.1, 0.15) is 23.7 Å². The minimum atomic E-state index is -0.0692. The van der Waals surface area contributed by atoms with Crippen LogP contribution in [0.25, 0.3) is 0 Å². The van der Waals surface area contributed by atoms with Gasteiger partial charge in [-0.05, 0) is 31.5 Å². The Morgan fingerprint density at radius 2 is 2.40 bits per heavy atom. The fourth-order valence-corrected chi connectivity index (χ4v) is 1.49. The van der Waals surface area contributed by atoms with E-state index in [2.05, 4.69) is 24.5 Å². The number of benzene rings is 1. The topological polar surface area (TPSA) is 29.1 Å². The van der Waals surface area contributed by atoms with E-state index in [4.69, 9.17) is 0 Å². The number of carbonyl (C=O) groups excluding carboxylic acids is 1. The van der Waals surface area contributed by atoms with Crippen LogP contribution in [-0.2, 0) is 0 Å². The van der Waals surface area contributed by atoms with E-state index in [0.29, 0.717) is 5.56 Å². The highest BCUT2D eigenvalue weighted by atomic mass is 32.1. The van der Waals surface area contributed by atoms with E-state index < -0.39 is 0 Å². The van der Waals surface area contributed by atoms with Crippen molar-refractivity contribution < 1.29 is 4.79 Å². The average Bonchev–Trinajstić information content (AvgIpc) is 2.18. The van der Waals surface area contributed by atoms with Gasteiger partial charge in [0.05, 0.1) is 0 Å². The molecule has 0 heterocycles. The summed E-state index contributed by atoms with van der Waals surface area (Å²) in [6.45, 7) is 5.58. The quantitative estimate of drug-likeness (QED) is 0.594. The Labute approximate surface area is 95.8 Å². The Morgan fingerprint density at radius 1 is 1.67 bits per heavy atom. The summed E-state index contributed by atoms with van der Waals surface area (Å²) in [7, 11) is 0. The van der Waals surface area contributed by atoms with E-state index in [1.54, 1.807) is 18.2 Å². The molecule has 0 radical (unpaired) electrons. The summed E-state index contributed by atoms with van der Waals surface area (Å²) in [5, 5.41) is 2.88. The van der Waals surface area contributed by atoms with Crippen LogP contribution in [0.5, 0.6) is 0 Å². The van der Waals surface area contributed by atoms with Crippen molar-refractivity contribution in [3.63, 3.8) is 0 Å². The molecule has 1 aromatic carbocycles. The first-order chi connectivity index (χ1) is 7.13. The molecule has 2 nitrogen and oxygen atoms in total. The third-order valence-electron chi connectivity index (χ3n) is 2.01. The third kappa shape index (κ3) is 3.80. The molecule has 1 rings (SSSR count). The van der Waals surface area contributed by atoms with Crippen LogP contribution >= 0.6 is 12.6 Å². The zero-order valence-electron chi connectivity index (χ0n) is 8.73. The van der Waals surface area contributed by atoms with Crippen molar-refractivity contribution in [2.45, 2.75) is 24.3 Å². The minimum absolute atomic E-state index is 0.0692. The van der Waals surface area contributed by atoms with Gasteiger partial charge in [-0.1, -0.05) is 12.1 Å². The fourth-order valence-electron chi connectivity index (χ4n) is 1.26. The second-order valence-electron chi connectivity index (χ2n) is 3.45. The molecule has 0 fully saturated rings. The van der Waals surface area contributed by atoms with Crippen LogP contribution in [0, 0.1) is 0 Å². The second-order valence-corrected chi connectivity index (χ2v) is 3.97. The van der Waals surface area contributed by atoms with E-state index in [0.717, 1.165) is 11.3 Å². The molecule has 3 heteroatoms. The van der Waals surface area contributed by atoms with E-state index in [1.807, 2.05) is 19.1 Å². The Hall–Kier alpha value is -1.22. The zero-order valence-corrected chi connectivity index (χ0v) is 9.63. The van der Waals surface area contributed by atoms with Crippen molar-refractivity contribution in [3.8, 4) is 0 Å². The predicted octanol–water partition coefficient (Wildman–Crippen LogP) is 2.67. The Kier molecular flexibility index (Phi) is 4.43. The van der Waals surface area contributed by atoms with E-state index >= 15 is 0 Å². The van der Waals surface area contributed by atoms with Crippen molar-refractivity contribution in [2.24, 2.45) is 0 Å². The standard InChI is InChI=1S/C12H15NOS/c1-3-5-9(2)13-12(14)10-6-4-7-11(15)8-10/h3-4,6-9,15H,1,5H2,2H3,(H,13,14). The summed E-state index contributed by atoms with van der Waals surface area (Å²) in [5.74, 6) is -0.0692. The van der Waals surface area contributed by atoms with Gasteiger partial charge in [-0.15, -0.1) is 19.2 Å². The highest BCUT2D eigenvalue weighted by Crippen LogP contribution is 2.09. The lowest BCUT2D eigenvalue weighted by Gasteiger charge is -2.11. The van der Waals surface area contributed by atoms with Crippen LogP contribution in [0.3, 0.4) is 0 Å². The maximum atomic E-state index is 11.7. The third-order valence-corrected chi connectivity index (χ3v) is 2.28. The molecular formula is C12H15NOS. The van der Waals surface area contributed by atoms with Crippen molar-refractivity contribution in [1.82, 2.24) is 5.32 Å². The lowest BCUT2D eigenvalue weighted by molar-refractivity contribution is 0.0940. The molecule has 0 aliphatic rings. The number of rotatable bonds is 4. The van der Waals surface area contributed by atoms with Crippen molar-refractivity contribution in [2.75, 3.05) is 0 Å². The van der Waals surface area contributed by atoms with Gasteiger partial charge < -0.3 is 5.32 Å². The molecule has 0 aliphatic heterocycles. The number of hydrogen-bond acceptors (Lipinski definition) is 2. The number of nitrogens with one attached hydrogen (secondary N) is 1. The molecule has 0 spiro atoms.